The number of nitrogens with one attached hydrogen (secondary N) is 1. The van der Waals surface area contributed by atoms with Crippen LogP contribution in [0, 0.1) is 6.92 Å². The number of sulfonamides is 1. The van der Waals surface area contributed by atoms with Gasteiger partial charge in [-0.2, -0.15) is 0 Å². The summed E-state index contributed by atoms with van der Waals surface area (Å²) in [5.41, 5.74) is 1.85. The summed E-state index contributed by atoms with van der Waals surface area (Å²) in [5, 5.41) is 3.24. The number of hydrogen-bond acceptors (Lipinski definition) is 4. The molecule has 1 unspecified atom stereocenters. The molecule has 38 heavy (non-hydrogen) atoms. The zero-order valence-corrected chi connectivity index (χ0v) is 24.8. The summed E-state index contributed by atoms with van der Waals surface area (Å²) in [5.74, 6) is -0.844. The molecule has 0 radical (unpaired) electrons. The van der Waals surface area contributed by atoms with Crippen molar-refractivity contribution in [2.24, 2.45) is 0 Å². The Bertz CT molecular complexity index is 1400. The summed E-state index contributed by atoms with van der Waals surface area (Å²) < 4.78 is 29.6. The first kappa shape index (κ1) is 29.7. The standard InChI is InChI=1S/C28H31BrClN3O4S/c1-19(2)31-28(35)21(4)32(17-22-9-7-10-23(29)16-22)27(34)18-33(26-11-6-5-8-20(26)3)38(36,37)25-14-12-24(30)13-15-25/h5-16,19,21H,17-18H2,1-4H3,(H,31,35). The number of halogens is 2. The minimum Gasteiger partial charge on any atom is -0.352 e. The lowest BCUT2D eigenvalue weighted by atomic mass is 10.1. The first-order valence-electron chi connectivity index (χ1n) is 12.1. The SMILES string of the molecule is Cc1ccccc1N(CC(=O)N(Cc1cccc(Br)c1)C(C)C(=O)NC(C)C)S(=O)(=O)c1ccc(Cl)cc1. The highest BCUT2D eigenvalue weighted by Crippen LogP contribution is 2.28. The maximum atomic E-state index is 13.9. The van der Waals surface area contributed by atoms with Crippen LogP contribution < -0.4 is 9.62 Å². The van der Waals surface area contributed by atoms with Crippen LogP contribution >= 0.6 is 27.5 Å². The van der Waals surface area contributed by atoms with Gasteiger partial charge in [-0.1, -0.05) is 57.9 Å². The van der Waals surface area contributed by atoms with Crippen LogP contribution in [-0.2, 0) is 26.2 Å². The topological polar surface area (TPSA) is 86.8 Å². The van der Waals surface area contributed by atoms with Crippen molar-refractivity contribution in [1.82, 2.24) is 10.2 Å². The Kier molecular flexibility index (Phi) is 9.98. The lowest BCUT2D eigenvalue weighted by Crippen LogP contribution is -2.52. The van der Waals surface area contributed by atoms with Gasteiger partial charge in [-0.25, -0.2) is 8.42 Å². The quantitative estimate of drug-likeness (QED) is 0.322. The van der Waals surface area contributed by atoms with E-state index in [1.165, 1.54) is 29.2 Å². The number of rotatable bonds is 10. The summed E-state index contributed by atoms with van der Waals surface area (Å²) in [6.07, 6.45) is 0. The largest absolute Gasteiger partial charge is 0.352 e. The van der Waals surface area contributed by atoms with E-state index in [9.17, 15) is 18.0 Å². The summed E-state index contributed by atoms with van der Waals surface area (Å²) >= 11 is 9.43. The Morgan fingerprint density at radius 3 is 2.24 bits per heavy atom. The molecule has 0 spiro atoms. The number of carbonyl (C=O) groups excluding carboxylic acids is 2. The summed E-state index contributed by atoms with van der Waals surface area (Å²) in [4.78, 5) is 28.3. The second-order valence-corrected chi connectivity index (χ2v) is 12.5. The monoisotopic (exact) mass is 619 g/mol. The number of amides is 2. The fraction of sp³-hybridized carbons (Fsp3) is 0.286. The Labute approximate surface area is 238 Å². The lowest BCUT2D eigenvalue weighted by molar-refractivity contribution is -0.139. The van der Waals surface area contributed by atoms with Crippen molar-refractivity contribution < 1.29 is 18.0 Å². The van der Waals surface area contributed by atoms with Gasteiger partial charge in [0.05, 0.1) is 10.6 Å². The normalized spacial score (nSPS) is 12.2. The van der Waals surface area contributed by atoms with E-state index >= 15 is 0 Å². The summed E-state index contributed by atoms with van der Waals surface area (Å²) in [6.45, 7) is 6.71. The van der Waals surface area contributed by atoms with Crippen molar-refractivity contribution in [3.05, 3.63) is 93.4 Å². The molecule has 0 saturated carbocycles. The average Bonchev–Trinajstić information content (AvgIpc) is 2.85. The van der Waals surface area contributed by atoms with Gasteiger partial charge in [0.2, 0.25) is 11.8 Å². The molecule has 3 rings (SSSR count). The van der Waals surface area contributed by atoms with Crippen LogP contribution in [0.1, 0.15) is 31.9 Å². The van der Waals surface area contributed by atoms with E-state index in [0.717, 1.165) is 14.3 Å². The molecule has 0 saturated heterocycles. The first-order chi connectivity index (χ1) is 17.9. The minimum atomic E-state index is -4.15. The Hall–Kier alpha value is -2.88. The third-order valence-electron chi connectivity index (χ3n) is 5.90. The van der Waals surface area contributed by atoms with Crippen LogP contribution in [0.25, 0.3) is 0 Å². The molecule has 0 aliphatic heterocycles. The predicted molar refractivity (Wildman–Crippen MR) is 155 cm³/mol. The molecule has 0 bridgehead atoms. The maximum absolute atomic E-state index is 13.9. The number of carbonyl (C=O) groups is 2. The molecule has 0 aliphatic carbocycles. The third-order valence-corrected chi connectivity index (χ3v) is 8.42. The van der Waals surface area contributed by atoms with E-state index in [1.54, 1.807) is 38.1 Å². The van der Waals surface area contributed by atoms with Crippen molar-refractivity contribution in [2.45, 2.75) is 51.2 Å². The van der Waals surface area contributed by atoms with Crippen LogP contribution in [0.2, 0.25) is 5.02 Å². The fourth-order valence-corrected chi connectivity index (χ4v) is 5.96. The van der Waals surface area contributed by atoms with Gasteiger partial charge in [-0.3, -0.25) is 13.9 Å². The van der Waals surface area contributed by atoms with E-state index in [2.05, 4.69) is 21.2 Å². The highest BCUT2D eigenvalue weighted by atomic mass is 79.9. The Balaban J connectivity index is 2.05. The molecule has 1 N–H and O–H groups in total. The van der Waals surface area contributed by atoms with E-state index in [0.29, 0.717) is 16.3 Å². The molecule has 7 nitrogen and oxygen atoms in total. The van der Waals surface area contributed by atoms with Crippen molar-refractivity contribution in [1.29, 1.82) is 0 Å². The number of para-hydroxylation sites is 1. The van der Waals surface area contributed by atoms with Gasteiger partial charge >= 0.3 is 0 Å². The van der Waals surface area contributed by atoms with Crippen LogP contribution in [0.4, 0.5) is 5.69 Å². The van der Waals surface area contributed by atoms with E-state index in [4.69, 9.17) is 11.6 Å². The Morgan fingerprint density at radius 2 is 1.63 bits per heavy atom. The number of hydrogen-bond donors (Lipinski definition) is 1. The molecule has 1 atom stereocenters. The molecule has 202 valence electrons. The van der Waals surface area contributed by atoms with Gasteiger partial charge in [0.15, 0.2) is 0 Å². The van der Waals surface area contributed by atoms with E-state index in [1.807, 2.05) is 38.1 Å². The van der Waals surface area contributed by atoms with Crippen LogP contribution in [-0.4, -0.2) is 43.8 Å². The van der Waals surface area contributed by atoms with E-state index in [-0.39, 0.29) is 23.4 Å². The first-order valence-corrected chi connectivity index (χ1v) is 14.7. The number of nitrogens with zero attached hydrogens (tertiary/aromatic N) is 2. The molecule has 0 aromatic heterocycles. The van der Waals surface area contributed by atoms with Gasteiger partial charge in [-0.05, 0) is 81.3 Å². The van der Waals surface area contributed by atoms with Crippen molar-refractivity contribution in [3.63, 3.8) is 0 Å². The number of anilines is 1. The molecule has 0 fully saturated rings. The van der Waals surface area contributed by atoms with Crippen LogP contribution in [0.3, 0.4) is 0 Å². The van der Waals surface area contributed by atoms with Crippen molar-refractivity contribution >= 4 is 55.1 Å². The summed E-state index contributed by atoms with van der Waals surface area (Å²) in [7, 11) is -4.15. The molecule has 3 aromatic rings. The molecule has 10 heteroatoms. The highest BCUT2D eigenvalue weighted by molar-refractivity contribution is 9.10. The van der Waals surface area contributed by atoms with Crippen LogP contribution in [0.15, 0.2) is 82.2 Å². The lowest BCUT2D eigenvalue weighted by Gasteiger charge is -2.32. The fourth-order valence-electron chi connectivity index (χ4n) is 3.91. The van der Waals surface area contributed by atoms with E-state index < -0.39 is 28.5 Å². The third kappa shape index (κ3) is 7.36. The van der Waals surface area contributed by atoms with Gasteiger partial charge < -0.3 is 10.2 Å². The Morgan fingerprint density at radius 1 is 0.974 bits per heavy atom. The summed E-state index contributed by atoms with van der Waals surface area (Å²) in [6, 6.07) is 19.2. The van der Waals surface area contributed by atoms with Gasteiger partial charge in [0, 0.05) is 22.1 Å². The molecular weight excluding hydrogens is 590 g/mol. The van der Waals surface area contributed by atoms with Gasteiger partial charge in [-0.15, -0.1) is 0 Å². The zero-order valence-electron chi connectivity index (χ0n) is 21.7. The molecule has 2 amide bonds. The average molecular weight is 621 g/mol. The van der Waals surface area contributed by atoms with Gasteiger partial charge in [0.1, 0.15) is 12.6 Å². The highest BCUT2D eigenvalue weighted by Gasteiger charge is 2.33. The minimum absolute atomic E-state index is 0.00194. The zero-order chi connectivity index (χ0) is 28.0. The molecule has 3 aromatic carbocycles. The smallest absolute Gasteiger partial charge is 0.264 e. The second kappa shape index (κ2) is 12.8. The second-order valence-electron chi connectivity index (χ2n) is 9.24. The van der Waals surface area contributed by atoms with Gasteiger partial charge in [0.25, 0.3) is 10.0 Å². The number of aryl methyl sites for hydroxylation is 1. The van der Waals surface area contributed by atoms with Crippen molar-refractivity contribution in [2.75, 3.05) is 10.8 Å². The molecule has 0 heterocycles. The predicted octanol–water partition coefficient (Wildman–Crippen LogP) is 5.55. The molecular formula is C28H31BrClN3O4S. The molecule has 0 aliphatic rings. The number of benzene rings is 3. The maximum Gasteiger partial charge on any atom is 0.264 e. The van der Waals surface area contributed by atoms with Crippen molar-refractivity contribution in [3.8, 4) is 0 Å². The van der Waals surface area contributed by atoms with Crippen LogP contribution in [0.5, 0.6) is 0 Å².